The molecule has 1 aromatic rings. The van der Waals surface area contributed by atoms with Crippen LogP contribution in [0.5, 0.6) is 0 Å². The number of carbonyl (C=O) groups excluding carboxylic acids is 1. The summed E-state index contributed by atoms with van der Waals surface area (Å²) in [6.45, 7) is 1.55. The highest BCUT2D eigenvalue weighted by molar-refractivity contribution is 7.80. The van der Waals surface area contributed by atoms with Gasteiger partial charge in [0.2, 0.25) is 0 Å². The number of benzene rings is 1. The summed E-state index contributed by atoms with van der Waals surface area (Å²) in [5, 5.41) is 16.4. The van der Waals surface area contributed by atoms with Crippen LogP contribution >= 0.6 is 12.2 Å². The zero-order valence-electron chi connectivity index (χ0n) is 11.6. The third-order valence-electron chi connectivity index (χ3n) is 3.58. The van der Waals surface area contributed by atoms with Crippen molar-refractivity contribution < 1.29 is 9.90 Å². The van der Waals surface area contributed by atoms with Crippen molar-refractivity contribution in [3.63, 3.8) is 0 Å². The Kier molecular flexibility index (Phi) is 5.09. The minimum absolute atomic E-state index is 0.0537. The highest BCUT2D eigenvalue weighted by Crippen LogP contribution is 2.18. The standard InChI is InChI=1S/C15H20N2O2S/c1-10(18)11-2-4-12(5-3-11)16-15(20)17-13-6-8-14(19)9-7-13/h2-5,13-14,19H,6-9H2,1H3,(H2,16,17,20). The van der Waals surface area contributed by atoms with Gasteiger partial charge in [-0.15, -0.1) is 0 Å². The Balaban J connectivity index is 1.83. The number of hydrogen-bond acceptors (Lipinski definition) is 3. The predicted octanol–water partition coefficient (Wildman–Crippen LogP) is 2.48. The second kappa shape index (κ2) is 6.81. The summed E-state index contributed by atoms with van der Waals surface area (Å²) >= 11 is 5.28. The lowest BCUT2D eigenvalue weighted by atomic mass is 9.93. The first-order valence-corrected chi connectivity index (χ1v) is 7.32. The lowest BCUT2D eigenvalue weighted by Crippen LogP contribution is -2.40. The van der Waals surface area contributed by atoms with Crippen molar-refractivity contribution in [3.05, 3.63) is 29.8 Å². The lowest BCUT2D eigenvalue weighted by molar-refractivity contribution is 0.101. The van der Waals surface area contributed by atoms with Crippen LogP contribution in [-0.4, -0.2) is 28.1 Å². The molecular weight excluding hydrogens is 272 g/mol. The van der Waals surface area contributed by atoms with Crippen molar-refractivity contribution in [2.24, 2.45) is 0 Å². The lowest BCUT2D eigenvalue weighted by Gasteiger charge is -2.27. The molecule has 0 amide bonds. The fraction of sp³-hybridized carbons (Fsp3) is 0.467. The predicted molar refractivity (Wildman–Crippen MR) is 84.1 cm³/mol. The summed E-state index contributed by atoms with van der Waals surface area (Å²) in [4.78, 5) is 11.2. The highest BCUT2D eigenvalue weighted by Gasteiger charge is 2.19. The third-order valence-corrected chi connectivity index (χ3v) is 3.80. The highest BCUT2D eigenvalue weighted by atomic mass is 32.1. The third kappa shape index (κ3) is 4.28. The average molecular weight is 292 g/mol. The molecule has 1 aromatic carbocycles. The SMILES string of the molecule is CC(=O)c1ccc(NC(=S)NC2CCC(O)CC2)cc1. The van der Waals surface area contributed by atoms with Crippen molar-refractivity contribution in [2.45, 2.75) is 44.8 Å². The molecule has 2 rings (SSSR count). The molecule has 1 aliphatic carbocycles. The van der Waals surface area contributed by atoms with Crippen LogP contribution in [0.1, 0.15) is 43.0 Å². The molecular formula is C15H20N2O2S. The molecule has 20 heavy (non-hydrogen) atoms. The molecule has 0 radical (unpaired) electrons. The number of anilines is 1. The van der Waals surface area contributed by atoms with Gasteiger partial charge in [0.25, 0.3) is 0 Å². The summed E-state index contributed by atoms with van der Waals surface area (Å²) < 4.78 is 0. The van der Waals surface area contributed by atoms with Gasteiger partial charge in [0.05, 0.1) is 6.10 Å². The van der Waals surface area contributed by atoms with E-state index in [1.807, 2.05) is 12.1 Å². The Hall–Kier alpha value is -1.46. The maximum Gasteiger partial charge on any atom is 0.170 e. The van der Waals surface area contributed by atoms with Crippen LogP contribution in [0.4, 0.5) is 5.69 Å². The van der Waals surface area contributed by atoms with E-state index >= 15 is 0 Å². The second-order valence-corrected chi connectivity index (χ2v) is 5.65. The Morgan fingerprint density at radius 2 is 1.80 bits per heavy atom. The van der Waals surface area contributed by atoms with Gasteiger partial charge in [-0.3, -0.25) is 4.79 Å². The molecule has 0 unspecified atom stereocenters. The largest absolute Gasteiger partial charge is 0.393 e. The number of nitrogens with one attached hydrogen (secondary N) is 2. The number of rotatable bonds is 3. The van der Waals surface area contributed by atoms with Crippen molar-refractivity contribution >= 4 is 28.8 Å². The second-order valence-electron chi connectivity index (χ2n) is 5.24. The topological polar surface area (TPSA) is 61.4 Å². The van der Waals surface area contributed by atoms with Gasteiger partial charge in [0.1, 0.15) is 0 Å². The molecule has 1 aliphatic rings. The molecule has 5 heteroatoms. The van der Waals surface area contributed by atoms with Gasteiger partial charge < -0.3 is 15.7 Å². The van der Waals surface area contributed by atoms with Crippen LogP contribution in [-0.2, 0) is 0 Å². The molecule has 4 nitrogen and oxygen atoms in total. The fourth-order valence-corrected chi connectivity index (χ4v) is 2.65. The van der Waals surface area contributed by atoms with Crippen molar-refractivity contribution in [1.82, 2.24) is 5.32 Å². The number of aliphatic hydroxyl groups excluding tert-OH is 1. The summed E-state index contributed by atoms with van der Waals surface area (Å²) in [7, 11) is 0. The normalized spacial score (nSPS) is 22.1. The number of thiocarbonyl (C=S) groups is 1. The van der Waals surface area contributed by atoms with Gasteiger partial charge in [0.15, 0.2) is 10.9 Å². The van der Waals surface area contributed by atoms with Crippen LogP contribution < -0.4 is 10.6 Å². The van der Waals surface area contributed by atoms with Crippen LogP contribution in [0.2, 0.25) is 0 Å². The van der Waals surface area contributed by atoms with Crippen molar-refractivity contribution in [1.29, 1.82) is 0 Å². The number of Topliss-reactive ketones (excluding diaryl/α,β-unsaturated/α-hetero) is 1. The van der Waals surface area contributed by atoms with E-state index in [2.05, 4.69) is 10.6 Å². The fourth-order valence-electron chi connectivity index (χ4n) is 2.36. The number of carbonyl (C=O) groups is 1. The maximum atomic E-state index is 11.2. The van der Waals surface area contributed by atoms with E-state index in [9.17, 15) is 9.90 Å². The minimum atomic E-state index is -0.159. The van der Waals surface area contributed by atoms with E-state index in [0.29, 0.717) is 16.7 Å². The Morgan fingerprint density at radius 3 is 2.35 bits per heavy atom. The first-order chi connectivity index (χ1) is 9.54. The first-order valence-electron chi connectivity index (χ1n) is 6.91. The van der Waals surface area contributed by atoms with Gasteiger partial charge >= 0.3 is 0 Å². The smallest absolute Gasteiger partial charge is 0.170 e. The van der Waals surface area contributed by atoms with Gasteiger partial charge in [-0.05, 0) is 69.1 Å². The molecule has 3 N–H and O–H groups in total. The first kappa shape index (κ1) is 14.9. The molecule has 0 aromatic heterocycles. The van der Waals surface area contributed by atoms with Gasteiger partial charge in [-0.25, -0.2) is 0 Å². The van der Waals surface area contributed by atoms with E-state index in [1.165, 1.54) is 0 Å². The van der Waals surface area contributed by atoms with E-state index in [-0.39, 0.29) is 11.9 Å². The summed E-state index contributed by atoms with van der Waals surface area (Å²) in [5.41, 5.74) is 1.55. The van der Waals surface area contributed by atoms with E-state index in [0.717, 1.165) is 31.4 Å². The van der Waals surface area contributed by atoms with Crippen molar-refractivity contribution in [2.75, 3.05) is 5.32 Å². The van der Waals surface area contributed by atoms with Gasteiger partial charge in [-0.2, -0.15) is 0 Å². The minimum Gasteiger partial charge on any atom is -0.393 e. The molecule has 1 fully saturated rings. The molecule has 0 atom stereocenters. The monoisotopic (exact) mass is 292 g/mol. The van der Waals surface area contributed by atoms with Crippen LogP contribution in [0.3, 0.4) is 0 Å². The van der Waals surface area contributed by atoms with Crippen LogP contribution in [0.15, 0.2) is 24.3 Å². The number of hydrogen-bond donors (Lipinski definition) is 3. The quantitative estimate of drug-likeness (QED) is 0.590. The van der Waals surface area contributed by atoms with Gasteiger partial charge in [0, 0.05) is 17.3 Å². The summed E-state index contributed by atoms with van der Waals surface area (Å²) in [6.07, 6.45) is 3.37. The Morgan fingerprint density at radius 1 is 1.20 bits per heavy atom. The van der Waals surface area contributed by atoms with E-state index in [4.69, 9.17) is 12.2 Å². The number of ketones is 1. The summed E-state index contributed by atoms with van der Waals surface area (Å²) in [6, 6.07) is 7.58. The van der Waals surface area contributed by atoms with E-state index < -0.39 is 0 Å². The zero-order valence-corrected chi connectivity index (χ0v) is 12.4. The average Bonchev–Trinajstić information content (AvgIpc) is 2.42. The maximum absolute atomic E-state index is 11.2. The Bertz CT molecular complexity index is 479. The molecule has 1 saturated carbocycles. The number of aliphatic hydroxyl groups is 1. The Labute approximate surface area is 124 Å². The molecule has 0 saturated heterocycles. The van der Waals surface area contributed by atoms with Crippen LogP contribution in [0.25, 0.3) is 0 Å². The molecule has 0 spiro atoms. The molecule has 108 valence electrons. The van der Waals surface area contributed by atoms with Gasteiger partial charge in [-0.1, -0.05) is 0 Å². The van der Waals surface area contributed by atoms with Crippen molar-refractivity contribution in [3.8, 4) is 0 Å². The van der Waals surface area contributed by atoms with E-state index in [1.54, 1.807) is 19.1 Å². The summed E-state index contributed by atoms with van der Waals surface area (Å²) in [5.74, 6) is 0.0537. The molecule has 0 bridgehead atoms. The van der Waals surface area contributed by atoms with Crippen LogP contribution in [0, 0.1) is 0 Å². The molecule has 0 aliphatic heterocycles. The zero-order chi connectivity index (χ0) is 14.5. The molecule has 0 heterocycles.